The van der Waals surface area contributed by atoms with E-state index in [2.05, 4.69) is 0 Å². The predicted octanol–water partition coefficient (Wildman–Crippen LogP) is 4.54. The molecule has 0 aliphatic heterocycles. The molecule has 0 aromatic heterocycles. The zero-order chi connectivity index (χ0) is 8.93. The van der Waals surface area contributed by atoms with Gasteiger partial charge >= 0.3 is 0 Å². The average Bonchev–Trinajstić information content (AvgIpc) is 2.83. The van der Waals surface area contributed by atoms with Gasteiger partial charge in [-0.2, -0.15) is 0 Å². The van der Waals surface area contributed by atoms with E-state index in [1.807, 2.05) is 0 Å². The summed E-state index contributed by atoms with van der Waals surface area (Å²) in [6.45, 7) is 0. The maximum Gasteiger partial charge on any atom is -0.0383 e. The Morgan fingerprint density at radius 1 is 0.462 bits per heavy atom. The van der Waals surface area contributed by atoms with Gasteiger partial charge in [-0.1, -0.05) is 64.2 Å². The van der Waals surface area contributed by atoms with Crippen molar-refractivity contribution < 1.29 is 0 Å². The van der Waals surface area contributed by atoms with Gasteiger partial charge in [0.2, 0.25) is 0 Å². The van der Waals surface area contributed by atoms with Crippen molar-refractivity contribution in [2.45, 2.75) is 70.6 Å². The fraction of sp³-hybridized carbons (Fsp3) is 1.00. The largest absolute Gasteiger partial charge is 0.0533 e. The summed E-state index contributed by atoms with van der Waals surface area (Å²) >= 11 is 0. The van der Waals surface area contributed by atoms with Crippen molar-refractivity contribution in [2.24, 2.45) is 11.8 Å². The number of hydrogen-bond donors (Lipinski definition) is 0. The first kappa shape index (κ1) is 9.55. The second-order valence-corrected chi connectivity index (χ2v) is 5.16. The molecule has 2 aliphatic rings. The molecule has 2 rings (SSSR count). The molecule has 0 aromatic carbocycles. The zero-order valence-electron chi connectivity index (χ0n) is 8.93. The standard InChI is InChI=1S/C13H24/c1-2-4-6-8-10-13-11-12(13)9-7-5-3-1/h12-13H,1-11H2/t12-,13+. The lowest BCUT2D eigenvalue weighted by molar-refractivity contribution is 0.491. The Hall–Kier alpha value is 0. The van der Waals surface area contributed by atoms with Crippen molar-refractivity contribution >= 4 is 0 Å². The molecule has 0 heterocycles. The molecule has 2 atom stereocenters. The highest BCUT2D eigenvalue weighted by molar-refractivity contribution is 4.85. The van der Waals surface area contributed by atoms with Crippen LogP contribution in [0.5, 0.6) is 0 Å². The maximum atomic E-state index is 1.58. The third-order valence-corrected chi connectivity index (χ3v) is 3.97. The van der Waals surface area contributed by atoms with Crippen LogP contribution in [0, 0.1) is 11.8 Å². The van der Waals surface area contributed by atoms with Gasteiger partial charge in [-0.15, -0.1) is 0 Å². The maximum absolute atomic E-state index is 1.58. The van der Waals surface area contributed by atoms with Crippen molar-refractivity contribution in [3.63, 3.8) is 0 Å². The molecule has 0 amide bonds. The summed E-state index contributed by atoms with van der Waals surface area (Å²) in [7, 11) is 0. The van der Waals surface area contributed by atoms with Crippen LogP contribution in [0.1, 0.15) is 70.6 Å². The van der Waals surface area contributed by atoms with E-state index in [9.17, 15) is 0 Å². The number of fused-ring (bicyclic) bond motifs is 1. The summed E-state index contributed by atoms with van der Waals surface area (Å²) in [5.41, 5.74) is 0. The highest BCUT2D eigenvalue weighted by Crippen LogP contribution is 2.45. The van der Waals surface area contributed by atoms with Gasteiger partial charge in [-0.05, 0) is 18.3 Å². The van der Waals surface area contributed by atoms with Crippen molar-refractivity contribution in [2.75, 3.05) is 0 Å². The molecular weight excluding hydrogens is 156 g/mol. The molecule has 13 heavy (non-hydrogen) atoms. The molecule has 0 unspecified atom stereocenters. The molecule has 0 spiro atoms. The minimum Gasteiger partial charge on any atom is -0.0533 e. The Bertz CT molecular complexity index is 123. The van der Waals surface area contributed by atoms with Crippen LogP contribution in [0.3, 0.4) is 0 Å². The summed E-state index contributed by atoms with van der Waals surface area (Å²) in [6, 6.07) is 0. The van der Waals surface area contributed by atoms with E-state index in [0.29, 0.717) is 0 Å². The Kier molecular flexibility index (Phi) is 3.69. The van der Waals surface area contributed by atoms with Gasteiger partial charge in [0.15, 0.2) is 0 Å². The van der Waals surface area contributed by atoms with Crippen LogP contribution in [0.4, 0.5) is 0 Å². The molecule has 2 saturated carbocycles. The number of rotatable bonds is 0. The van der Waals surface area contributed by atoms with E-state index >= 15 is 0 Å². The second-order valence-electron chi connectivity index (χ2n) is 5.16. The van der Waals surface area contributed by atoms with Crippen molar-refractivity contribution in [3.05, 3.63) is 0 Å². The highest BCUT2D eigenvalue weighted by atomic mass is 14.4. The van der Waals surface area contributed by atoms with Gasteiger partial charge in [-0.3, -0.25) is 0 Å². The quantitative estimate of drug-likeness (QED) is 0.513. The zero-order valence-corrected chi connectivity index (χ0v) is 8.93. The summed E-state index contributed by atoms with van der Waals surface area (Å²) in [6.07, 6.45) is 16.8. The van der Waals surface area contributed by atoms with E-state index in [0.717, 1.165) is 0 Å². The van der Waals surface area contributed by atoms with Crippen LogP contribution < -0.4 is 0 Å². The number of hydrogen-bond acceptors (Lipinski definition) is 0. The van der Waals surface area contributed by atoms with Crippen molar-refractivity contribution in [3.8, 4) is 0 Å². The van der Waals surface area contributed by atoms with Crippen molar-refractivity contribution in [1.82, 2.24) is 0 Å². The molecule has 0 radical (unpaired) electrons. The monoisotopic (exact) mass is 180 g/mol. The summed E-state index contributed by atoms with van der Waals surface area (Å²) in [4.78, 5) is 0. The smallest absolute Gasteiger partial charge is 0.0383 e. The Morgan fingerprint density at radius 3 is 1.31 bits per heavy atom. The summed E-state index contributed by atoms with van der Waals surface area (Å²) < 4.78 is 0. The topological polar surface area (TPSA) is 0 Å². The molecule has 0 N–H and O–H groups in total. The fourth-order valence-electron chi connectivity index (χ4n) is 2.89. The van der Waals surface area contributed by atoms with E-state index in [-0.39, 0.29) is 0 Å². The SMILES string of the molecule is C1CCCCC[C@H]2C[C@H]2CCCC1. The first-order valence-corrected chi connectivity index (χ1v) is 6.47. The van der Waals surface area contributed by atoms with E-state index in [4.69, 9.17) is 0 Å². The Morgan fingerprint density at radius 2 is 0.846 bits per heavy atom. The van der Waals surface area contributed by atoms with Crippen LogP contribution in [0.2, 0.25) is 0 Å². The van der Waals surface area contributed by atoms with Gasteiger partial charge in [0.1, 0.15) is 0 Å². The van der Waals surface area contributed by atoms with Crippen molar-refractivity contribution in [1.29, 1.82) is 0 Å². The first-order chi connectivity index (χ1) is 6.47. The van der Waals surface area contributed by atoms with E-state index in [1.54, 1.807) is 19.3 Å². The molecule has 0 aromatic rings. The van der Waals surface area contributed by atoms with Gasteiger partial charge < -0.3 is 0 Å². The highest BCUT2D eigenvalue weighted by Gasteiger charge is 2.35. The lowest BCUT2D eigenvalue weighted by Crippen LogP contribution is -1.89. The minimum absolute atomic E-state index is 1.17. The average molecular weight is 180 g/mol. The van der Waals surface area contributed by atoms with E-state index < -0.39 is 0 Å². The molecule has 2 fully saturated rings. The third-order valence-electron chi connectivity index (χ3n) is 3.97. The van der Waals surface area contributed by atoms with Gasteiger partial charge in [0.25, 0.3) is 0 Å². The first-order valence-electron chi connectivity index (χ1n) is 6.47. The Balaban J connectivity index is 1.66. The molecule has 2 aliphatic carbocycles. The predicted molar refractivity (Wildman–Crippen MR) is 57.8 cm³/mol. The lowest BCUT2D eigenvalue weighted by Gasteiger charge is -2.05. The van der Waals surface area contributed by atoms with Crippen LogP contribution >= 0.6 is 0 Å². The molecule has 0 bridgehead atoms. The van der Waals surface area contributed by atoms with Crippen LogP contribution in [-0.2, 0) is 0 Å². The molecule has 0 nitrogen and oxygen atoms in total. The fourth-order valence-corrected chi connectivity index (χ4v) is 2.89. The van der Waals surface area contributed by atoms with Crippen LogP contribution in [-0.4, -0.2) is 0 Å². The van der Waals surface area contributed by atoms with Gasteiger partial charge in [0.05, 0.1) is 0 Å². The van der Waals surface area contributed by atoms with Gasteiger partial charge in [0, 0.05) is 0 Å². The molecule has 76 valence electrons. The summed E-state index contributed by atoms with van der Waals surface area (Å²) in [5, 5.41) is 0. The molecule has 0 heteroatoms. The van der Waals surface area contributed by atoms with Crippen LogP contribution in [0.25, 0.3) is 0 Å². The van der Waals surface area contributed by atoms with E-state index in [1.165, 1.54) is 63.2 Å². The molecule has 0 saturated heterocycles. The second kappa shape index (κ2) is 5.02. The summed E-state index contributed by atoms with van der Waals surface area (Å²) in [5.74, 6) is 2.33. The molecular formula is C13H24. The minimum atomic E-state index is 1.17. The van der Waals surface area contributed by atoms with Crippen LogP contribution in [0.15, 0.2) is 0 Å². The lowest BCUT2D eigenvalue weighted by atomic mass is 10.0. The third kappa shape index (κ3) is 3.32. The normalized spacial score (nSPS) is 36.9. The van der Waals surface area contributed by atoms with Gasteiger partial charge in [-0.25, -0.2) is 0 Å². The Labute approximate surface area is 83.1 Å².